The van der Waals surface area contributed by atoms with Crippen LogP contribution >= 0.6 is 23.1 Å². The van der Waals surface area contributed by atoms with E-state index in [1.807, 2.05) is 13.8 Å². The zero-order chi connectivity index (χ0) is 14.4. The van der Waals surface area contributed by atoms with E-state index in [4.69, 9.17) is 0 Å². The second-order valence-electron chi connectivity index (χ2n) is 4.00. The van der Waals surface area contributed by atoms with Crippen LogP contribution in [0.15, 0.2) is 4.34 Å². The van der Waals surface area contributed by atoms with Gasteiger partial charge >= 0.3 is 6.03 Å². The third-order valence-electron chi connectivity index (χ3n) is 1.93. The summed E-state index contributed by atoms with van der Waals surface area (Å²) in [5, 5.41) is 15.9. The van der Waals surface area contributed by atoms with Crippen molar-refractivity contribution < 1.29 is 9.59 Å². The summed E-state index contributed by atoms with van der Waals surface area (Å²) < 4.78 is 0.683. The van der Waals surface area contributed by atoms with Gasteiger partial charge < -0.3 is 10.6 Å². The molecule has 7 nitrogen and oxygen atoms in total. The highest BCUT2D eigenvalue weighted by Gasteiger charge is 2.18. The first kappa shape index (κ1) is 15.7. The summed E-state index contributed by atoms with van der Waals surface area (Å²) in [4.78, 5) is 22.7. The highest BCUT2D eigenvalue weighted by Crippen LogP contribution is 2.29. The van der Waals surface area contributed by atoms with E-state index in [9.17, 15) is 9.59 Å². The molecule has 0 aliphatic heterocycles. The molecule has 0 aliphatic carbocycles. The number of urea groups is 1. The average Bonchev–Trinajstić information content (AvgIpc) is 2.75. The van der Waals surface area contributed by atoms with E-state index < -0.39 is 11.3 Å². The second kappa shape index (κ2) is 7.29. The van der Waals surface area contributed by atoms with Crippen molar-refractivity contribution in [3.8, 4) is 0 Å². The minimum absolute atomic E-state index is 0.278. The van der Waals surface area contributed by atoms with Gasteiger partial charge in [-0.2, -0.15) is 0 Å². The van der Waals surface area contributed by atoms with Crippen LogP contribution in [0.25, 0.3) is 0 Å². The fraction of sp³-hybridized carbons (Fsp3) is 0.600. The molecule has 0 aromatic carbocycles. The minimum Gasteiger partial charge on any atom is -0.358 e. The molecule has 0 aliphatic rings. The molecule has 3 N–H and O–H groups in total. The number of hydrogen-bond acceptors (Lipinski definition) is 7. The summed E-state index contributed by atoms with van der Waals surface area (Å²) in [6, 6.07) is -0.239. The van der Waals surface area contributed by atoms with Gasteiger partial charge in [0.25, 0.3) is 0 Å². The molecule has 0 saturated carbocycles. The quantitative estimate of drug-likeness (QED) is 0.709. The minimum atomic E-state index is -0.517. The number of anilines is 1. The third kappa shape index (κ3) is 5.43. The maximum atomic E-state index is 11.6. The van der Waals surface area contributed by atoms with Crippen LogP contribution in [0, 0.1) is 0 Å². The molecule has 0 bridgehead atoms. The Morgan fingerprint density at radius 3 is 2.53 bits per heavy atom. The number of thioether (sulfide) groups is 1. The van der Waals surface area contributed by atoms with Gasteiger partial charge in [0.1, 0.15) is 0 Å². The summed E-state index contributed by atoms with van der Waals surface area (Å²) in [7, 11) is 1.45. The number of amides is 3. The molecule has 1 unspecified atom stereocenters. The van der Waals surface area contributed by atoms with Crippen LogP contribution in [-0.4, -0.2) is 40.5 Å². The predicted octanol–water partition coefficient (Wildman–Crippen LogP) is 1.29. The molecule has 1 aromatic heterocycles. The molecule has 1 aromatic rings. The van der Waals surface area contributed by atoms with Crippen LogP contribution in [0.4, 0.5) is 9.93 Å². The summed E-state index contributed by atoms with van der Waals surface area (Å²) in [5.74, 6) is -0.363. The Kier molecular flexibility index (Phi) is 6.03. The number of aromatic nitrogens is 2. The molecule has 106 valence electrons. The Hall–Kier alpha value is -1.35. The van der Waals surface area contributed by atoms with Gasteiger partial charge in [-0.25, -0.2) is 4.79 Å². The lowest BCUT2D eigenvalue weighted by Crippen LogP contribution is -2.41. The van der Waals surface area contributed by atoms with E-state index in [0.717, 1.165) is 5.13 Å². The summed E-state index contributed by atoms with van der Waals surface area (Å²) in [6.45, 7) is 5.72. The van der Waals surface area contributed by atoms with Crippen LogP contribution in [-0.2, 0) is 4.79 Å². The van der Waals surface area contributed by atoms with Crippen molar-refractivity contribution in [2.45, 2.75) is 36.4 Å². The van der Waals surface area contributed by atoms with E-state index in [2.05, 4.69) is 26.1 Å². The van der Waals surface area contributed by atoms with Crippen molar-refractivity contribution in [1.82, 2.24) is 20.8 Å². The van der Waals surface area contributed by atoms with Gasteiger partial charge in [0.15, 0.2) is 4.34 Å². The first-order chi connectivity index (χ1) is 8.92. The number of carbonyl (C=O) groups is 2. The Morgan fingerprint density at radius 2 is 1.95 bits per heavy atom. The highest BCUT2D eigenvalue weighted by molar-refractivity contribution is 8.02. The maximum absolute atomic E-state index is 11.6. The largest absolute Gasteiger partial charge is 0.358 e. The van der Waals surface area contributed by atoms with E-state index in [0.29, 0.717) is 4.34 Å². The van der Waals surface area contributed by atoms with Crippen molar-refractivity contribution in [3.05, 3.63) is 0 Å². The lowest BCUT2D eigenvalue weighted by atomic mass is 10.4. The number of rotatable bonds is 5. The Balaban J connectivity index is 2.52. The highest BCUT2D eigenvalue weighted by atomic mass is 32.2. The monoisotopic (exact) mass is 303 g/mol. The van der Waals surface area contributed by atoms with E-state index in [-0.39, 0.29) is 11.9 Å². The first-order valence-electron chi connectivity index (χ1n) is 5.71. The Bertz CT molecular complexity index is 449. The molecule has 9 heteroatoms. The Morgan fingerprint density at radius 1 is 1.26 bits per heavy atom. The lowest BCUT2D eigenvalue weighted by molar-refractivity contribution is -0.119. The molecule has 1 heterocycles. The summed E-state index contributed by atoms with van der Waals surface area (Å²) in [6.07, 6.45) is 0. The number of carbonyl (C=O) groups excluding carboxylic acids is 2. The van der Waals surface area contributed by atoms with Crippen molar-refractivity contribution in [1.29, 1.82) is 0 Å². The lowest BCUT2D eigenvalue weighted by Gasteiger charge is -2.08. The number of nitrogens with one attached hydrogen (secondary N) is 3. The molecule has 1 atom stereocenters. The molecule has 3 amide bonds. The molecule has 0 saturated heterocycles. The normalized spacial score (nSPS) is 12.1. The summed E-state index contributed by atoms with van der Waals surface area (Å²) in [5.41, 5.74) is 0. The van der Waals surface area contributed by atoms with E-state index in [1.54, 1.807) is 6.92 Å². The van der Waals surface area contributed by atoms with E-state index >= 15 is 0 Å². The van der Waals surface area contributed by atoms with Gasteiger partial charge in [-0.3, -0.25) is 10.1 Å². The van der Waals surface area contributed by atoms with Crippen molar-refractivity contribution in [2.24, 2.45) is 0 Å². The smallest absolute Gasteiger partial charge is 0.321 e. The molecular formula is C10H17N5O2S2. The molecule has 1 rings (SSSR count). The van der Waals surface area contributed by atoms with Gasteiger partial charge in [0.05, 0.1) is 5.25 Å². The third-order valence-corrected chi connectivity index (χ3v) is 3.97. The fourth-order valence-corrected chi connectivity index (χ4v) is 3.09. The van der Waals surface area contributed by atoms with Crippen molar-refractivity contribution >= 4 is 40.2 Å². The van der Waals surface area contributed by atoms with Crippen LogP contribution in [0.3, 0.4) is 0 Å². The van der Waals surface area contributed by atoms with Crippen LogP contribution in [0.5, 0.6) is 0 Å². The average molecular weight is 303 g/mol. The van der Waals surface area contributed by atoms with Crippen molar-refractivity contribution in [2.75, 3.05) is 12.4 Å². The number of nitrogens with zero attached hydrogens (tertiary/aromatic N) is 2. The second-order valence-corrected chi connectivity index (χ2v) is 6.57. The van der Waals surface area contributed by atoms with Crippen molar-refractivity contribution in [3.63, 3.8) is 0 Å². The van der Waals surface area contributed by atoms with Crippen LogP contribution in [0.2, 0.25) is 0 Å². The molecule has 0 radical (unpaired) electrons. The molecule has 0 spiro atoms. The Labute approximate surface area is 119 Å². The van der Waals surface area contributed by atoms with Crippen LogP contribution < -0.4 is 16.0 Å². The molecular weight excluding hydrogens is 286 g/mol. The predicted molar refractivity (Wildman–Crippen MR) is 76.6 cm³/mol. The van der Waals surface area contributed by atoms with Gasteiger partial charge in [-0.1, -0.05) is 23.1 Å². The topological polar surface area (TPSA) is 96.0 Å². The maximum Gasteiger partial charge on any atom is 0.321 e. The van der Waals surface area contributed by atoms with E-state index in [1.165, 1.54) is 30.1 Å². The van der Waals surface area contributed by atoms with Crippen LogP contribution in [0.1, 0.15) is 20.8 Å². The fourth-order valence-electron chi connectivity index (χ4n) is 1.04. The molecule has 19 heavy (non-hydrogen) atoms. The zero-order valence-electron chi connectivity index (χ0n) is 11.2. The van der Waals surface area contributed by atoms with Gasteiger partial charge in [-0.15, -0.1) is 10.2 Å². The molecule has 0 fully saturated rings. The number of hydrogen-bond donors (Lipinski definition) is 3. The first-order valence-corrected chi connectivity index (χ1v) is 7.41. The zero-order valence-corrected chi connectivity index (χ0v) is 12.8. The van der Waals surface area contributed by atoms with Gasteiger partial charge in [0.2, 0.25) is 11.0 Å². The standard InChI is InChI=1S/C10H17N5O2S2/c1-5(2)12-9-14-15-10(19-9)18-6(3)7(16)13-8(17)11-4/h5-6H,1-4H3,(H,12,14)(H2,11,13,16,17). The summed E-state index contributed by atoms with van der Waals surface area (Å²) >= 11 is 2.65. The SMILES string of the molecule is CNC(=O)NC(=O)C(C)Sc1nnc(NC(C)C)s1. The van der Waals surface area contributed by atoms with Gasteiger partial charge in [0, 0.05) is 13.1 Å². The van der Waals surface area contributed by atoms with Gasteiger partial charge in [-0.05, 0) is 20.8 Å². The number of imide groups is 1.